The summed E-state index contributed by atoms with van der Waals surface area (Å²) in [6, 6.07) is 15.1. The second-order valence-corrected chi connectivity index (χ2v) is 10.2. The molecule has 0 saturated heterocycles. The maximum Gasteiger partial charge on any atom is 0.251 e. The normalized spacial score (nSPS) is 12.1. The molecule has 1 aromatic heterocycles. The topological polar surface area (TPSA) is 88.9 Å². The number of nitrogens with one attached hydrogen (secondary N) is 2. The lowest BCUT2D eigenvalue weighted by Gasteiger charge is -2.22. The summed E-state index contributed by atoms with van der Waals surface area (Å²) in [6.07, 6.45) is 0. The molecule has 0 unspecified atom stereocenters. The minimum absolute atomic E-state index is 0.104. The van der Waals surface area contributed by atoms with Crippen molar-refractivity contribution in [3.63, 3.8) is 0 Å². The van der Waals surface area contributed by atoms with Crippen molar-refractivity contribution in [1.82, 2.24) is 20.1 Å². The third-order valence-electron chi connectivity index (χ3n) is 5.80. The molecule has 3 aromatic rings. The van der Waals surface area contributed by atoms with Crippen LogP contribution in [0.15, 0.2) is 53.7 Å². The van der Waals surface area contributed by atoms with Crippen molar-refractivity contribution >= 4 is 29.3 Å². The number of amides is 2. The Morgan fingerprint density at radius 3 is 2.20 bits per heavy atom. The zero-order chi connectivity index (χ0) is 25.5. The predicted octanol–water partition coefficient (Wildman–Crippen LogP) is 5.59. The number of hydrogen-bond donors (Lipinski definition) is 2. The molecule has 0 bridgehead atoms. The van der Waals surface area contributed by atoms with Gasteiger partial charge < -0.3 is 15.2 Å². The molecule has 8 heteroatoms. The Balaban J connectivity index is 1.67. The summed E-state index contributed by atoms with van der Waals surface area (Å²) in [5, 5.41) is 15.4. The van der Waals surface area contributed by atoms with Crippen molar-refractivity contribution in [1.29, 1.82) is 0 Å². The van der Waals surface area contributed by atoms with Gasteiger partial charge in [0, 0.05) is 17.8 Å². The van der Waals surface area contributed by atoms with Crippen molar-refractivity contribution in [2.24, 2.45) is 5.92 Å². The van der Waals surface area contributed by atoms with Gasteiger partial charge in [-0.15, -0.1) is 10.2 Å². The van der Waals surface area contributed by atoms with Crippen LogP contribution in [0.4, 0.5) is 5.69 Å². The van der Waals surface area contributed by atoms with Crippen molar-refractivity contribution < 1.29 is 9.59 Å². The fourth-order valence-corrected chi connectivity index (χ4v) is 4.48. The molecule has 0 fully saturated rings. The fraction of sp³-hybridized carbons (Fsp3) is 0.407. The number of anilines is 1. The summed E-state index contributed by atoms with van der Waals surface area (Å²) in [5.74, 6) is 1.20. The molecule has 0 spiro atoms. The number of nitrogens with zero attached hydrogens (tertiary/aromatic N) is 3. The minimum atomic E-state index is -0.307. The van der Waals surface area contributed by atoms with Gasteiger partial charge in [-0.05, 0) is 55.5 Å². The lowest BCUT2D eigenvalue weighted by atomic mass is 10.0. The number of rotatable bonds is 10. The summed E-state index contributed by atoms with van der Waals surface area (Å²) in [5.41, 5.74) is 3.72. The molecule has 2 amide bonds. The van der Waals surface area contributed by atoms with Crippen LogP contribution >= 0.6 is 11.8 Å². The Hall–Kier alpha value is -3.13. The van der Waals surface area contributed by atoms with Gasteiger partial charge in [-0.1, -0.05) is 69.3 Å². The molecule has 2 N–H and O–H groups in total. The molecule has 3 rings (SSSR count). The highest BCUT2D eigenvalue weighted by atomic mass is 32.2. The van der Waals surface area contributed by atoms with E-state index in [1.54, 1.807) is 0 Å². The van der Waals surface area contributed by atoms with Gasteiger partial charge in [0.1, 0.15) is 0 Å². The highest BCUT2D eigenvalue weighted by Crippen LogP contribution is 2.26. The molecule has 0 aliphatic carbocycles. The number of aromatic nitrogens is 3. The summed E-state index contributed by atoms with van der Waals surface area (Å²) in [6.45, 7) is 13.0. The van der Waals surface area contributed by atoms with Crippen molar-refractivity contribution in [2.75, 3.05) is 11.1 Å². The maximum atomic E-state index is 12.9. The summed E-state index contributed by atoms with van der Waals surface area (Å²) in [7, 11) is 0. The molecule has 2 aromatic carbocycles. The molecule has 0 saturated carbocycles. The molecule has 0 aliphatic heterocycles. The van der Waals surface area contributed by atoms with E-state index in [1.165, 1.54) is 17.3 Å². The van der Waals surface area contributed by atoms with E-state index in [2.05, 4.69) is 34.7 Å². The van der Waals surface area contributed by atoms with E-state index < -0.39 is 0 Å². The van der Waals surface area contributed by atoms with Crippen LogP contribution < -0.4 is 10.6 Å². The van der Waals surface area contributed by atoms with Crippen LogP contribution in [-0.2, 0) is 11.3 Å². The van der Waals surface area contributed by atoms with E-state index in [0.717, 1.165) is 11.3 Å². The maximum absolute atomic E-state index is 12.9. The lowest BCUT2D eigenvalue weighted by Crippen LogP contribution is -2.33. The molecular formula is C27H35N5O2S. The number of thioether (sulfide) groups is 1. The first-order valence-corrected chi connectivity index (χ1v) is 13.0. The van der Waals surface area contributed by atoms with E-state index in [4.69, 9.17) is 0 Å². The molecule has 0 aliphatic rings. The van der Waals surface area contributed by atoms with Crippen LogP contribution in [0.5, 0.6) is 0 Å². The van der Waals surface area contributed by atoms with Gasteiger partial charge in [0.2, 0.25) is 5.91 Å². The van der Waals surface area contributed by atoms with Crippen molar-refractivity contribution in [3.8, 4) is 0 Å². The summed E-state index contributed by atoms with van der Waals surface area (Å²) in [4.78, 5) is 25.4. The number of aryl methyl sites for hydroxylation is 1. The smallest absolute Gasteiger partial charge is 0.251 e. The second kappa shape index (κ2) is 12.0. The zero-order valence-electron chi connectivity index (χ0n) is 21.3. The van der Waals surface area contributed by atoms with Crippen LogP contribution in [-0.4, -0.2) is 32.3 Å². The zero-order valence-corrected chi connectivity index (χ0v) is 22.1. The first-order valence-electron chi connectivity index (χ1n) is 12.0. The van der Waals surface area contributed by atoms with Gasteiger partial charge in [-0.2, -0.15) is 0 Å². The summed E-state index contributed by atoms with van der Waals surface area (Å²) >= 11 is 1.34. The SMILES string of the molecule is CCn1c(SCC(=O)Nc2ccc(C(C)C)cc2)nnc1[C@H](NC(=O)c1ccc(C)cc1)C(C)C. The Labute approximate surface area is 212 Å². The van der Waals surface area contributed by atoms with Gasteiger partial charge in [0.15, 0.2) is 11.0 Å². The van der Waals surface area contributed by atoms with Crippen LogP contribution in [0.3, 0.4) is 0 Å². The Morgan fingerprint density at radius 2 is 1.63 bits per heavy atom. The number of carbonyl (C=O) groups is 2. The molecule has 7 nitrogen and oxygen atoms in total. The third kappa shape index (κ3) is 6.94. The van der Waals surface area contributed by atoms with Crippen molar-refractivity contribution in [2.45, 2.75) is 65.2 Å². The van der Waals surface area contributed by atoms with Gasteiger partial charge >= 0.3 is 0 Å². The van der Waals surface area contributed by atoms with Gasteiger partial charge in [-0.25, -0.2) is 0 Å². The number of carbonyl (C=O) groups excluding carboxylic acids is 2. The minimum Gasteiger partial charge on any atom is -0.342 e. The standard InChI is InChI=1S/C27H35N5O2S/c1-7-32-25(24(18(4)5)29-26(34)21-10-8-19(6)9-11-21)30-31-27(32)35-16-23(33)28-22-14-12-20(13-15-22)17(2)3/h8-15,17-18,24H,7,16H2,1-6H3,(H,28,33)(H,29,34)/t24-/m1/s1. The average Bonchev–Trinajstić information content (AvgIpc) is 3.24. The first-order chi connectivity index (χ1) is 16.7. The van der Waals surface area contributed by atoms with Crippen LogP contribution in [0, 0.1) is 12.8 Å². The van der Waals surface area contributed by atoms with E-state index in [1.807, 2.05) is 80.8 Å². The molecular weight excluding hydrogens is 458 g/mol. The first kappa shape index (κ1) is 26.5. The Kier molecular flexibility index (Phi) is 9.09. The van der Waals surface area contributed by atoms with E-state index in [9.17, 15) is 9.59 Å². The van der Waals surface area contributed by atoms with E-state index in [0.29, 0.717) is 29.0 Å². The highest BCUT2D eigenvalue weighted by molar-refractivity contribution is 7.99. The molecule has 186 valence electrons. The molecule has 35 heavy (non-hydrogen) atoms. The lowest BCUT2D eigenvalue weighted by molar-refractivity contribution is -0.113. The summed E-state index contributed by atoms with van der Waals surface area (Å²) < 4.78 is 1.97. The number of hydrogen-bond acceptors (Lipinski definition) is 5. The average molecular weight is 494 g/mol. The Bertz CT molecular complexity index is 1140. The highest BCUT2D eigenvalue weighted by Gasteiger charge is 2.26. The van der Waals surface area contributed by atoms with Gasteiger partial charge in [0.25, 0.3) is 5.91 Å². The fourth-order valence-electron chi connectivity index (χ4n) is 3.67. The quantitative estimate of drug-likeness (QED) is 0.360. The second-order valence-electron chi connectivity index (χ2n) is 9.26. The van der Waals surface area contributed by atoms with E-state index in [-0.39, 0.29) is 29.5 Å². The molecule has 0 radical (unpaired) electrons. The van der Waals surface area contributed by atoms with Crippen LogP contribution in [0.2, 0.25) is 0 Å². The van der Waals surface area contributed by atoms with Gasteiger partial charge in [0.05, 0.1) is 11.8 Å². The van der Waals surface area contributed by atoms with E-state index >= 15 is 0 Å². The monoisotopic (exact) mass is 493 g/mol. The van der Waals surface area contributed by atoms with Crippen LogP contribution in [0.1, 0.15) is 73.9 Å². The molecule has 1 heterocycles. The van der Waals surface area contributed by atoms with Crippen LogP contribution in [0.25, 0.3) is 0 Å². The number of benzene rings is 2. The van der Waals surface area contributed by atoms with Crippen molar-refractivity contribution in [3.05, 3.63) is 71.0 Å². The Morgan fingerprint density at radius 1 is 0.971 bits per heavy atom. The third-order valence-corrected chi connectivity index (χ3v) is 6.77. The molecule has 1 atom stereocenters. The largest absolute Gasteiger partial charge is 0.342 e. The van der Waals surface area contributed by atoms with Gasteiger partial charge in [-0.3, -0.25) is 9.59 Å². The predicted molar refractivity (Wildman–Crippen MR) is 142 cm³/mol.